The molecule has 0 N–H and O–H groups in total. The molecule has 1 aliphatic rings. The average molecular weight is 258 g/mol. The summed E-state index contributed by atoms with van der Waals surface area (Å²) in [4.78, 5) is 4.32. The Kier molecular flexibility index (Phi) is 1.81. The van der Waals surface area contributed by atoms with E-state index in [0.717, 1.165) is 17.1 Å². The van der Waals surface area contributed by atoms with E-state index in [1.165, 1.54) is 0 Å². The summed E-state index contributed by atoms with van der Waals surface area (Å²) in [5, 5.41) is 0. The Labute approximate surface area is 75.5 Å². The highest BCUT2D eigenvalue weighted by molar-refractivity contribution is 14.2. The molecule has 2 heterocycles. The molecule has 0 aliphatic carbocycles. The third-order valence-electron chi connectivity index (χ3n) is 1.47. The van der Waals surface area contributed by atoms with Crippen LogP contribution in [-0.2, 0) is 0 Å². The van der Waals surface area contributed by atoms with Gasteiger partial charge in [-0.2, -0.15) is 0 Å². The maximum absolute atomic E-state index is 4.37. The van der Waals surface area contributed by atoms with Crippen LogP contribution in [0, 0.1) is 6.92 Å². The van der Waals surface area contributed by atoms with Crippen molar-refractivity contribution in [3.8, 4) is 0 Å². The number of hydrogen-bond donors (Lipinski definition) is 0. The van der Waals surface area contributed by atoms with Crippen molar-refractivity contribution in [2.75, 3.05) is 0 Å². The summed E-state index contributed by atoms with van der Waals surface area (Å²) in [5.74, 6) is 0.931. The van der Waals surface area contributed by atoms with E-state index < -0.39 is 0 Å². The van der Waals surface area contributed by atoms with Crippen LogP contribution in [0.4, 0.5) is 5.82 Å². The van der Waals surface area contributed by atoms with Crippen molar-refractivity contribution in [3.63, 3.8) is 0 Å². The van der Waals surface area contributed by atoms with E-state index in [-0.39, 0.29) is 21.0 Å². The minimum atomic E-state index is -0.105. The predicted octanol–water partition coefficient (Wildman–Crippen LogP) is 3.16. The average Bonchev–Trinajstić information content (AvgIpc) is 2.04. The highest BCUT2D eigenvalue weighted by Gasteiger charge is 2.01. The van der Waals surface area contributed by atoms with E-state index in [9.17, 15) is 0 Å². The highest BCUT2D eigenvalue weighted by atomic mass is 127. The van der Waals surface area contributed by atoms with Crippen LogP contribution in [0.15, 0.2) is 19.4 Å². The summed E-state index contributed by atoms with van der Waals surface area (Å²) in [6.07, 6.45) is 2.11. The first-order valence-corrected chi connectivity index (χ1v) is 5.55. The lowest BCUT2D eigenvalue weighted by Crippen LogP contribution is -1.83. The summed E-state index contributed by atoms with van der Waals surface area (Å²) >= 11 is -0.105. The minimum Gasteiger partial charge on any atom is -0.233 e. The number of pyridine rings is 1. The fraction of sp³-hybridized carbons (Fsp3) is 0.125. The second kappa shape index (κ2) is 2.81. The molecule has 2 rings (SSSR count). The number of fused-ring (bicyclic) bond motifs is 1. The van der Waals surface area contributed by atoms with Gasteiger partial charge in [-0.3, -0.25) is 0 Å². The molecule has 1 aromatic heterocycles. The smallest absolute Gasteiger partial charge is 0.165 e. The van der Waals surface area contributed by atoms with Gasteiger partial charge >= 0.3 is 0 Å². The monoisotopic (exact) mass is 258 g/mol. The van der Waals surface area contributed by atoms with Gasteiger partial charge in [-0.1, -0.05) is 0 Å². The number of halogens is 1. The number of aryl methyl sites for hydroxylation is 1. The molecule has 0 spiro atoms. The standard InChI is InChI=1S/C8H7IN2/c1-6-2-3-7-4-5-9-11-8(7)10-6/h2-5H,1H3. The van der Waals surface area contributed by atoms with Gasteiger partial charge in [0.2, 0.25) is 0 Å². The van der Waals surface area contributed by atoms with Crippen LogP contribution in [0.5, 0.6) is 0 Å². The van der Waals surface area contributed by atoms with E-state index >= 15 is 0 Å². The van der Waals surface area contributed by atoms with Crippen molar-refractivity contribution in [1.29, 1.82) is 0 Å². The second-order valence-electron chi connectivity index (χ2n) is 2.34. The SMILES string of the molecule is Cc1ccc2c(n1)N=IC=C2. The summed E-state index contributed by atoms with van der Waals surface area (Å²) < 4.78 is 6.52. The van der Waals surface area contributed by atoms with Crippen LogP contribution in [-0.4, -0.2) is 4.98 Å². The molecule has 0 aromatic carbocycles. The van der Waals surface area contributed by atoms with Crippen LogP contribution in [0.3, 0.4) is 0 Å². The Bertz CT molecular complexity index is 342. The van der Waals surface area contributed by atoms with E-state index in [0.29, 0.717) is 0 Å². The third kappa shape index (κ3) is 1.38. The van der Waals surface area contributed by atoms with E-state index in [1.54, 1.807) is 0 Å². The molecule has 56 valence electrons. The van der Waals surface area contributed by atoms with E-state index in [2.05, 4.69) is 24.4 Å². The molecule has 0 bridgehead atoms. The van der Waals surface area contributed by atoms with Gasteiger partial charge < -0.3 is 0 Å². The van der Waals surface area contributed by atoms with Gasteiger partial charge in [0, 0.05) is 32.3 Å². The molecule has 0 radical (unpaired) electrons. The zero-order valence-corrected chi connectivity index (χ0v) is 8.24. The first-order chi connectivity index (χ1) is 5.36. The number of aromatic nitrogens is 1. The van der Waals surface area contributed by atoms with Crippen molar-refractivity contribution in [1.82, 2.24) is 4.98 Å². The van der Waals surface area contributed by atoms with Crippen LogP contribution in [0.1, 0.15) is 11.3 Å². The van der Waals surface area contributed by atoms with Gasteiger partial charge in [0.05, 0.1) is 0 Å². The summed E-state index contributed by atoms with van der Waals surface area (Å²) in [5.41, 5.74) is 2.20. The largest absolute Gasteiger partial charge is 0.233 e. The maximum atomic E-state index is 4.37. The van der Waals surface area contributed by atoms with Gasteiger partial charge in [-0.25, -0.2) is 8.13 Å². The van der Waals surface area contributed by atoms with Crippen molar-refractivity contribution in [3.05, 3.63) is 27.5 Å². The Morgan fingerprint density at radius 2 is 2.27 bits per heavy atom. The van der Waals surface area contributed by atoms with Crippen molar-refractivity contribution in [2.24, 2.45) is 3.15 Å². The predicted molar refractivity (Wildman–Crippen MR) is 54.1 cm³/mol. The van der Waals surface area contributed by atoms with Gasteiger partial charge in [-0.15, -0.1) is 0 Å². The van der Waals surface area contributed by atoms with Crippen molar-refractivity contribution in [2.45, 2.75) is 6.92 Å². The third-order valence-corrected chi connectivity index (χ3v) is 2.89. The van der Waals surface area contributed by atoms with E-state index in [1.807, 2.05) is 13.0 Å². The molecule has 0 atom stereocenters. The molecule has 0 saturated heterocycles. The molecule has 2 nitrogen and oxygen atoms in total. The molecular formula is C8H7IN2. The quantitative estimate of drug-likeness (QED) is 0.656. The topological polar surface area (TPSA) is 25.2 Å². The Balaban J connectivity index is 2.63. The summed E-state index contributed by atoms with van der Waals surface area (Å²) in [6.45, 7) is 1.99. The fourth-order valence-corrected chi connectivity index (χ4v) is 2.28. The van der Waals surface area contributed by atoms with Gasteiger partial charge in [0.15, 0.2) is 5.82 Å². The zero-order valence-electron chi connectivity index (χ0n) is 6.08. The first kappa shape index (κ1) is 7.09. The molecule has 11 heavy (non-hydrogen) atoms. The minimum absolute atomic E-state index is 0.105. The zero-order chi connectivity index (χ0) is 7.68. The molecule has 0 unspecified atom stereocenters. The van der Waals surface area contributed by atoms with Gasteiger partial charge in [0.25, 0.3) is 0 Å². The fourth-order valence-electron chi connectivity index (χ4n) is 0.922. The first-order valence-electron chi connectivity index (χ1n) is 3.34. The van der Waals surface area contributed by atoms with Gasteiger partial charge in [0.1, 0.15) is 0 Å². The highest BCUT2D eigenvalue weighted by Crippen LogP contribution is 2.28. The molecule has 1 aromatic rings. The van der Waals surface area contributed by atoms with Crippen LogP contribution in [0.2, 0.25) is 0 Å². The van der Waals surface area contributed by atoms with Crippen molar-refractivity contribution < 1.29 is 0 Å². The van der Waals surface area contributed by atoms with Crippen molar-refractivity contribution >= 4 is 32.9 Å². The number of nitrogens with zero attached hydrogens (tertiary/aromatic N) is 2. The molecule has 0 fully saturated rings. The Morgan fingerprint density at radius 3 is 3.18 bits per heavy atom. The van der Waals surface area contributed by atoms with Crippen LogP contribution < -0.4 is 0 Å². The van der Waals surface area contributed by atoms with Crippen LogP contribution >= 0.6 is 21.0 Å². The molecule has 0 amide bonds. The Morgan fingerprint density at radius 1 is 1.36 bits per heavy atom. The summed E-state index contributed by atoms with van der Waals surface area (Å²) in [6, 6.07) is 4.09. The normalized spacial score (nSPS) is 13.9. The lowest BCUT2D eigenvalue weighted by atomic mass is 10.2. The molecule has 0 saturated carbocycles. The molecule has 3 heteroatoms. The maximum Gasteiger partial charge on any atom is 0.165 e. The molecule has 1 aliphatic heterocycles. The lowest BCUT2D eigenvalue weighted by Gasteiger charge is -2.02. The molecular weight excluding hydrogens is 251 g/mol. The second-order valence-corrected chi connectivity index (χ2v) is 4.10. The lowest BCUT2D eigenvalue weighted by molar-refractivity contribution is 1.18. The number of rotatable bonds is 0. The summed E-state index contributed by atoms with van der Waals surface area (Å²) in [7, 11) is 0. The van der Waals surface area contributed by atoms with Gasteiger partial charge in [-0.05, 0) is 29.2 Å². The van der Waals surface area contributed by atoms with Crippen LogP contribution in [0.25, 0.3) is 6.08 Å². The number of hydrogen-bond acceptors (Lipinski definition) is 2. The van der Waals surface area contributed by atoms with E-state index in [4.69, 9.17) is 0 Å². The Hall–Kier alpha value is -0.580.